The van der Waals surface area contributed by atoms with Gasteiger partial charge in [0.1, 0.15) is 19.8 Å². The van der Waals surface area contributed by atoms with E-state index in [1.165, 1.54) is 0 Å². The second kappa shape index (κ2) is 54.9. The first-order valence-corrected chi connectivity index (χ1v) is 30.0. The summed E-state index contributed by atoms with van der Waals surface area (Å²) in [7, 11) is 1.39. The van der Waals surface area contributed by atoms with Gasteiger partial charge in [-0.05, 0) is 135 Å². The standard InChI is InChI=1S/C66H102NO8P/c1-6-8-10-12-14-16-18-20-22-24-26-28-29-30-31-32-33-34-35-36-37-39-41-43-45-47-49-51-53-55-57-59-66(69)75-64(63-74-76(70,71)73-61-60-67(3,4)5)62-72-65(68)58-56-54-52-50-48-46-44-42-40-38-27-25-23-21-19-17-15-13-11-9-7-2/h8-11,14-17,20-23,26-28,30-31,33-34,36-38,41-44,47-50,64H,6-7,12-13,18-19,24-25,29,32,35,39-40,45-46,51-63H2,1-5H3/p+1/b10-8-,11-9-,16-14-,17-15-,22-20-,23-21-,28-26-,31-30-,34-33-,37-36-,38-27-,43-41-,44-42-,49-47-,50-48-. The Morgan fingerprint density at radius 3 is 1.05 bits per heavy atom. The summed E-state index contributed by atoms with van der Waals surface area (Å²) in [6.07, 6.45) is 85.3. The van der Waals surface area contributed by atoms with Crippen LogP contribution < -0.4 is 0 Å². The molecule has 0 saturated heterocycles. The Bertz CT molecular complexity index is 1930. The highest BCUT2D eigenvalue weighted by Crippen LogP contribution is 2.43. The summed E-state index contributed by atoms with van der Waals surface area (Å²) in [4.78, 5) is 35.6. The second-order valence-corrected chi connectivity index (χ2v) is 20.7. The molecule has 76 heavy (non-hydrogen) atoms. The van der Waals surface area contributed by atoms with Crippen LogP contribution in [0.15, 0.2) is 182 Å². The molecule has 2 atom stereocenters. The average molecular weight is 1070 g/mol. The maximum Gasteiger partial charge on any atom is 0.472 e. The SMILES string of the molecule is CC/C=C\C/C=C\C/C=C\C/C=C\C/C=C\C/C=C\C/C=C\C/C=C\C/C=C\CCCCCC(=O)OC(COC(=O)CCCC/C=C\C/C=C\C/C=C\C/C=C\C/C=C\C/C=C\CC)COP(=O)(O)OCC[N+](C)(C)C. The predicted octanol–water partition coefficient (Wildman–Crippen LogP) is 18.0. The fourth-order valence-corrected chi connectivity index (χ4v) is 7.34. The van der Waals surface area contributed by atoms with Crippen LogP contribution in [0.25, 0.3) is 0 Å². The number of hydrogen-bond donors (Lipinski definition) is 1. The lowest BCUT2D eigenvalue weighted by molar-refractivity contribution is -0.870. The molecule has 0 spiro atoms. The average Bonchev–Trinajstić information content (AvgIpc) is 3.38. The Labute approximate surface area is 463 Å². The van der Waals surface area contributed by atoms with Crippen molar-refractivity contribution in [3.05, 3.63) is 182 Å². The minimum Gasteiger partial charge on any atom is -0.462 e. The van der Waals surface area contributed by atoms with Crippen molar-refractivity contribution in [3.63, 3.8) is 0 Å². The Hall–Kier alpha value is -4.89. The van der Waals surface area contributed by atoms with Crippen LogP contribution in [-0.2, 0) is 32.7 Å². The fourth-order valence-electron chi connectivity index (χ4n) is 6.60. The first kappa shape index (κ1) is 71.1. The normalized spacial score (nSPS) is 14.7. The number of unbranched alkanes of at least 4 members (excludes halogenated alkanes) is 5. The van der Waals surface area contributed by atoms with Crippen LogP contribution in [0.5, 0.6) is 0 Å². The zero-order valence-electron chi connectivity index (χ0n) is 47.9. The molecule has 0 aliphatic rings. The lowest BCUT2D eigenvalue weighted by Crippen LogP contribution is -2.37. The number of allylic oxidation sites excluding steroid dienone is 30. The summed E-state index contributed by atoms with van der Waals surface area (Å²) in [5.74, 6) is -0.907. The van der Waals surface area contributed by atoms with E-state index in [0.717, 1.165) is 128 Å². The van der Waals surface area contributed by atoms with Crippen LogP contribution in [0.1, 0.15) is 168 Å². The maximum atomic E-state index is 12.8. The van der Waals surface area contributed by atoms with E-state index in [2.05, 4.69) is 196 Å². The number of carbonyl (C=O) groups is 2. The van der Waals surface area contributed by atoms with Crippen molar-refractivity contribution >= 4 is 19.8 Å². The van der Waals surface area contributed by atoms with Crippen molar-refractivity contribution in [1.82, 2.24) is 0 Å². The van der Waals surface area contributed by atoms with E-state index in [0.29, 0.717) is 23.9 Å². The minimum atomic E-state index is -4.42. The third-order valence-corrected chi connectivity index (χ3v) is 11.9. The molecule has 0 fully saturated rings. The van der Waals surface area contributed by atoms with E-state index in [-0.39, 0.29) is 26.1 Å². The summed E-state index contributed by atoms with van der Waals surface area (Å²) < 4.78 is 34.4. The van der Waals surface area contributed by atoms with Gasteiger partial charge in [-0.25, -0.2) is 4.57 Å². The van der Waals surface area contributed by atoms with Crippen molar-refractivity contribution in [1.29, 1.82) is 0 Å². The van der Waals surface area contributed by atoms with Crippen LogP contribution in [0.2, 0.25) is 0 Å². The topological polar surface area (TPSA) is 108 Å². The monoisotopic (exact) mass is 1070 g/mol. The van der Waals surface area contributed by atoms with E-state index in [1.807, 2.05) is 21.1 Å². The number of phosphoric ester groups is 1. The molecule has 10 heteroatoms. The molecule has 0 aliphatic carbocycles. The Balaban J connectivity index is 4.40. The van der Waals surface area contributed by atoms with E-state index < -0.39 is 32.5 Å². The number of likely N-dealkylation sites (N-methyl/N-ethyl adjacent to an activating group) is 1. The summed E-state index contributed by atoms with van der Waals surface area (Å²) in [6, 6.07) is 0. The minimum absolute atomic E-state index is 0.00557. The summed E-state index contributed by atoms with van der Waals surface area (Å²) in [6.45, 7) is 4.07. The predicted molar refractivity (Wildman–Crippen MR) is 325 cm³/mol. The van der Waals surface area contributed by atoms with Crippen LogP contribution in [0, 0.1) is 0 Å². The molecule has 424 valence electrons. The summed E-state index contributed by atoms with van der Waals surface area (Å²) in [5.41, 5.74) is 0. The van der Waals surface area contributed by atoms with Gasteiger partial charge in [0.05, 0.1) is 27.7 Å². The van der Waals surface area contributed by atoms with Gasteiger partial charge in [0.2, 0.25) is 0 Å². The third-order valence-electron chi connectivity index (χ3n) is 10.9. The summed E-state index contributed by atoms with van der Waals surface area (Å²) in [5, 5.41) is 0. The third kappa shape index (κ3) is 58.4. The van der Waals surface area contributed by atoms with E-state index in [9.17, 15) is 19.0 Å². The van der Waals surface area contributed by atoms with Gasteiger partial charge in [0.15, 0.2) is 6.10 Å². The molecule has 0 rings (SSSR count). The molecule has 0 radical (unpaired) electrons. The molecular formula is C66H103NO8P+. The van der Waals surface area contributed by atoms with Crippen molar-refractivity contribution in [2.75, 3.05) is 47.5 Å². The van der Waals surface area contributed by atoms with E-state index in [1.54, 1.807) is 0 Å². The first-order valence-electron chi connectivity index (χ1n) is 28.5. The highest BCUT2D eigenvalue weighted by molar-refractivity contribution is 7.47. The van der Waals surface area contributed by atoms with Crippen LogP contribution in [0.3, 0.4) is 0 Å². The zero-order chi connectivity index (χ0) is 55.6. The van der Waals surface area contributed by atoms with Gasteiger partial charge < -0.3 is 18.9 Å². The van der Waals surface area contributed by atoms with Crippen LogP contribution in [0.4, 0.5) is 0 Å². The molecule has 0 aliphatic heterocycles. The van der Waals surface area contributed by atoms with Crippen LogP contribution >= 0.6 is 7.82 Å². The Kier molecular flexibility index (Phi) is 51.4. The van der Waals surface area contributed by atoms with Crippen LogP contribution in [-0.4, -0.2) is 74.9 Å². The molecule has 0 bridgehead atoms. The molecule has 1 N–H and O–H groups in total. The van der Waals surface area contributed by atoms with E-state index >= 15 is 0 Å². The fraction of sp³-hybridized carbons (Fsp3) is 0.515. The quantitative estimate of drug-likeness (QED) is 0.0211. The van der Waals surface area contributed by atoms with Gasteiger partial charge in [-0.15, -0.1) is 0 Å². The van der Waals surface area contributed by atoms with E-state index in [4.69, 9.17) is 18.5 Å². The number of esters is 2. The Morgan fingerprint density at radius 2 is 0.711 bits per heavy atom. The van der Waals surface area contributed by atoms with Gasteiger partial charge in [-0.3, -0.25) is 18.6 Å². The van der Waals surface area contributed by atoms with Crippen molar-refractivity contribution in [3.8, 4) is 0 Å². The molecule has 0 saturated carbocycles. The molecule has 9 nitrogen and oxygen atoms in total. The highest BCUT2D eigenvalue weighted by atomic mass is 31.2. The molecule has 0 heterocycles. The van der Waals surface area contributed by atoms with Gasteiger partial charge >= 0.3 is 19.8 Å². The molecular weight excluding hydrogens is 966 g/mol. The number of phosphoric acid groups is 1. The van der Waals surface area contributed by atoms with Crippen molar-refractivity contribution < 1.29 is 42.1 Å². The maximum absolute atomic E-state index is 12.8. The largest absolute Gasteiger partial charge is 0.472 e. The molecule has 0 aromatic carbocycles. The number of quaternary nitrogens is 1. The highest BCUT2D eigenvalue weighted by Gasteiger charge is 2.27. The first-order chi connectivity index (χ1) is 37.0. The number of carbonyl (C=O) groups excluding carboxylic acids is 2. The second-order valence-electron chi connectivity index (χ2n) is 19.2. The van der Waals surface area contributed by atoms with Crippen molar-refractivity contribution in [2.45, 2.75) is 174 Å². The number of rotatable bonds is 49. The molecule has 0 aromatic heterocycles. The lowest BCUT2D eigenvalue weighted by atomic mass is 10.1. The van der Waals surface area contributed by atoms with Gasteiger partial charge in [0, 0.05) is 12.8 Å². The molecule has 0 amide bonds. The van der Waals surface area contributed by atoms with Gasteiger partial charge in [0.25, 0.3) is 0 Å². The smallest absolute Gasteiger partial charge is 0.462 e. The molecule has 2 unspecified atom stereocenters. The molecule has 0 aromatic rings. The Morgan fingerprint density at radius 1 is 0.408 bits per heavy atom. The zero-order valence-corrected chi connectivity index (χ0v) is 48.8. The number of ether oxygens (including phenoxy) is 2. The van der Waals surface area contributed by atoms with Crippen molar-refractivity contribution in [2.24, 2.45) is 0 Å². The number of nitrogens with zero attached hydrogens (tertiary/aromatic N) is 1. The van der Waals surface area contributed by atoms with Gasteiger partial charge in [-0.2, -0.15) is 0 Å². The lowest BCUT2D eigenvalue weighted by Gasteiger charge is -2.24. The summed E-state index contributed by atoms with van der Waals surface area (Å²) >= 11 is 0. The number of hydrogen-bond acceptors (Lipinski definition) is 7. The van der Waals surface area contributed by atoms with Gasteiger partial charge in [-0.1, -0.05) is 203 Å².